The quantitative estimate of drug-likeness (QED) is 0.329. The van der Waals surface area contributed by atoms with Gasteiger partial charge in [-0.05, 0) is 52.1 Å². The summed E-state index contributed by atoms with van der Waals surface area (Å²) in [6.45, 7) is 2.14. The molecule has 0 N–H and O–H groups in total. The van der Waals surface area contributed by atoms with Crippen molar-refractivity contribution in [3.05, 3.63) is 107 Å². The average Bonchev–Trinajstić information content (AvgIpc) is 3.13. The summed E-state index contributed by atoms with van der Waals surface area (Å²) in [6.07, 6.45) is 0. The lowest BCUT2D eigenvalue weighted by Crippen LogP contribution is -2.52. The van der Waals surface area contributed by atoms with Gasteiger partial charge in [0.2, 0.25) is 0 Å². The third-order valence-corrected chi connectivity index (χ3v) is 7.53. The lowest BCUT2D eigenvalue weighted by atomic mass is 9.71. The highest BCUT2D eigenvalue weighted by atomic mass is 16.2. The molecular weight excluding hydrogens is 380 g/mol. The normalized spacial score (nSPS) is 22.8. The smallest absolute Gasteiger partial charge is 0.297 e. The molecule has 2 heterocycles. The molecule has 0 spiro atoms. The zero-order valence-electron chi connectivity index (χ0n) is 17.5. The van der Waals surface area contributed by atoms with Crippen molar-refractivity contribution in [2.75, 3.05) is 16.8 Å². The topological polar surface area (TPSA) is 23.6 Å². The van der Waals surface area contributed by atoms with Crippen LogP contribution in [0.5, 0.6) is 0 Å². The maximum absolute atomic E-state index is 13.7. The summed E-state index contributed by atoms with van der Waals surface area (Å²) < 4.78 is 0. The third kappa shape index (κ3) is 2.01. The van der Waals surface area contributed by atoms with E-state index >= 15 is 0 Å². The fourth-order valence-corrected chi connectivity index (χ4v) is 6.34. The van der Waals surface area contributed by atoms with Gasteiger partial charge in [0.25, 0.3) is 0 Å². The van der Waals surface area contributed by atoms with Gasteiger partial charge in [0.1, 0.15) is 0 Å². The molecule has 4 aromatic rings. The van der Waals surface area contributed by atoms with Gasteiger partial charge < -0.3 is 0 Å². The van der Waals surface area contributed by atoms with Gasteiger partial charge in [-0.1, -0.05) is 72.3 Å². The van der Waals surface area contributed by atoms with Crippen LogP contribution in [0.3, 0.4) is 0 Å². The first-order valence-electron chi connectivity index (χ1n) is 10.9. The van der Waals surface area contributed by atoms with Crippen LogP contribution >= 0.6 is 0 Å². The van der Waals surface area contributed by atoms with Gasteiger partial charge in [0.15, 0.2) is 0 Å². The highest BCUT2D eigenvalue weighted by Crippen LogP contribution is 2.63. The van der Waals surface area contributed by atoms with Gasteiger partial charge in [0.05, 0.1) is 17.4 Å². The Labute approximate surface area is 181 Å². The van der Waals surface area contributed by atoms with Crippen LogP contribution in [-0.4, -0.2) is 13.1 Å². The van der Waals surface area contributed by atoms with E-state index < -0.39 is 0 Å². The lowest BCUT2D eigenvalue weighted by molar-refractivity contribution is 0.246. The number of anilines is 2. The van der Waals surface area contributed by atoms with Crippen LogP contribution < -0.4 is 9.80 Å². The number of benzene rings is 4. The highest BCUT2D eigenvalue weighted by molar-refractivity contribution is 6.09. The fourth-order valence-electron chi connectivity index (χ4n) is 6.34. The van der Waals surface area contributed by atoms with Crippen LogP contribution in [0.25, 0.3) is 10.8 Å². The molecular formula is C28H22N2O. The molecule has 0 aromatic heterocycles. The Hall–Kier alpha value is -3.59. The van der Waals surface area contributed by atoms with Gasteiger partial charge in [0, 0.05) is 18.9 Å². The molecule has 0 saturated heterocycles. The monoisotopic (exact) mass is 402 g/mol. The van der Waals surface area contributed by atoms with Crippen LogP contribution in [0.4, 0.5) is 16.2 Å². The molecule has 3 atom stereocenters. The zero-order chi connectivity index (χ0) is 20.9. The van der Waals surface area contributed by atoms with E-state index in [1.165, 1.54) is 38.6 Å². The molecule has 31 heavy (non-hydrogen) atoms. The molecule has 0 bridgehead atoms. The largest absolute Gasteiger partial charge is 0.329 e. The van der Waals surface area contributed by atoms with E-state index in [1.54, 1.807) is 4.90 Å². The Morgan fingerprint density at radius 3 is 2.32 bits per heavy atom. The first-order chi connectivity index (χ1) is 15.1. The summed E-state index contributed by atoms with van der Waals surface area (Å²) in [4.78, 5) is 17.6. The van der Waals surface area contributed by atoms with Crippen LogP contribution in [0.1, 0.15) is 45.7 Å². The Balaban J connectivity index is 1.62. The first-order valence-corrected chi connectivity index (χ1v) is 10.9. The Morgan fingerprint density at radius 1 is 0.742 bits per heavy atom. The van der Waals surface area contributed by atoms with Crippen LogP contribution in [-0.2, 0) is 0 Å². The minimum Gasteiger partial charge on any atom is -0.297 e. The van der Waals surface area contributed by atoms with Crippen LogP contribution in [0, 0.1) is 6.92 Å². The number of hydrogen-bond acceptors (Lipinski definition) is 1. The van der Waals surface area contributed by atoms with Gasteiger partial charge in [-0.2, -0.15) is 0 Å². The van der Waals surface area contributed by atoms with E-state index in [-0.39, 0.29) is 23.9 Å². The van der Waals surface area contributed by atoms with Crippen molar-refractivity contribution in [2.45, 2.75) is 24.8 Å². The first kappa shape index (κ1) is 17.1. The SMILES string of the molecule is Cc1ccc2c(c1)[C@@H]1c3cccc4cccc(c34)[C@@H]1[C@H]1c3ccccc3N(C)C(=O)N21. The summed E-state index contributed by atoms with van der Waals surface area (Å²) >= 11 is 0. The van der Waals surface area contributed by atoms with Gasteiger partial charge >= 0.3 is 6.03 Å². The standard InChI is InChI=1S/C28H22N2O/c1-16-13-14-23-21(15-16)25-19-10-5-7-17-8-6-11-20(24(17)19)26(25)27-18-9-3-4-12-22(18)29(2)28(31)30(23)27/h3-15,25-27H,1-2H3/t25-,26-,27+/m0/s1. The second kappa shape index (κ2) is 5.76. The van der Waals surface area contributed by atoms with Gasteiger partial charge in [-0.15, -0.1) is 0 Å². The van der Waals surface area contributed by atoms with Crippen molar-refractivity contribution < 1.29 is 4.79 Å². The molecule has 0 fully saturated rings. The minimum absolute atomic E-state index is 0.0156. The number of carbonyl (C=O) groups excluding carboxylic acids is 1. The third-order valence-electron chi connectivity index (χ3n) is 7.53. The van der Waals surface area contributed by atoms with Crippen molar-refractivity contribution in [2.24, 2.45) is 0 Å². The number of amides is 2. The highest BCUT2D eigenvalue weighted by Gasteiger charge is 2.52. The van der Waals surface area contributed by atoms with E-state index in [0.717, 1.165) is 11.4 Å². The Morgan fingerprint density at radius 2 is 1.48 bits per heavy atom. The molecule has 2 aliphatic heterocycles. The molecule has 1 aliphatic carbocycles. The molecule has 7 rings (SSSR count). The van der Waals surface area contributed by atoms with E-state index in [0.29, 0.717) is 0 Å². The summed E-state index contributed by atoms with van der Waals surface area (Å²) in [6, 6.07) is 28.4. The van der Waals surface area contributed by atoms with E-state index in [9.17, 15) is 4.79 Å². The average molecular weight is 402 g/mol. The van der Waals surface area contributed by atoms with Crippen molar-refractivity contribution in [1.29, 1.82) is 0 Å². The van der Waals surface area contributed by atoms with Crippen molar-refractivity contribution in [3.8, 4) is 0 Å². The van der Waals surface area contributed by atoms with Crippen LogP contribution in [0.2, 0.25) is 0 Å². The van der Waals surface area contributed by atoms with E-state index in [1.807, 2.05) is 13.1 Å². The number of urea groups is 1. The molecule has 3 nitrogen and oxygen atoms in total. The van der Waals surface area contributed by atoms with Crippen molar-refractivity contribution >= 4 is 28.2 Å². The molecule has 2 amide bonds. The lowest BCUT2D eigenvalue weighted by Gasteiger charge is -2.49. The predicted molar refractivity (Wildman–Crippen MR) is 125 cm³/mol. The van der Waals surface area contributed by atoms with Gasteiger partial charge in [-0.25, -0.2) is 4.79 Å². The Kier molecular flexibility index (Phi) is 3.18. The summed E-state index contributed by atoms with van der Waals surface area (Å²) in [5, 5.41) is 2.66. The molecule has 0 unspecified atom stereocenters. The second-order valence-corrected chi connectivity index (χ2v) is 9.07. The van der Waals surface area contributed by atoms with Crippen molar-refractivity contribution in [3.63, 3.8) is 0 Å². The number of fused-ring (bicyclic) bond motifs is 10. The van der Waals surface area contributed by atoms with Crippen LogP contribution in [0.15, 0.2) is 78.9 Å². The molecule has 3 aliphatic rings. The Bertz CT molecular complexity index is 1420. The zero-order valence-corrected chi connectivity index (χ0v) is 17.5. The van der Waals surface area contributed by atoms with E-state index in [2.05, 4.69) is 84.6 Å². The molecule has 150 valence electrons. The van der Waals surface area contributed by atoms with E-state index in [4.69, 9.17) is 0 Å². The maximum Gasteiger partial charge on any atom is 0.329 e. The van der Waals surface area contributed by atoms with Crippen molar-refractivity contribution in [1.82, 2.24) is 0 Å². The number of nitrogens with zero attached hydrogens (tertiary/aromatic N) is 2. The fraction of sp³-hybridized carbons (Fsp3) is 0.179. The molecule has 3 heteroatoms. The molecule has 0 radical (unpaired) electrons. The number of aryl methyl sites for hydroxylation is 1. The summed E-state index contributed by atoms with van der Waals surface area (Å²) in [5.41, 5.74) is 8.57. The number of hydrogen-bond donors (Lipinski definition) is 0. The number of carbonyl (C=O) groups is 1. The summed E-state index contributed by atoms with van der Waals surface area (Å²) in [5.74, 6) is 0.454. The molecule has 4 aromatic carbocycles. The summed E-state index contributed by atoms with van der Waals surface area (Å²) in [7, 11) is 1.89. The molecule has 0 saturated carbocycles. The number of rotatable bonds is 0. The predicted octanol–water partition coefficient (Wildman–Crippen LogP) is 6.51. The maximum atomic E-state index is 13.7. The van der Waals surface area contributed by atoms with Gasteiger partial charge in [-0.3, -0.25) is 9.80 Å². The minimum atomic E-state index is -0.0156. The number of para-hydroxylation sites is 1. The second-order valence-electron chi connectivity index (χ2n) is 9.07.